The molecule has 0 aliphatic rings. The lowest BCUT2D eigenvalue weighted by atomic mass is 10.2. The standard InChI is InChI=1S/C12H16FNO3/c1-9(2)7-17-14-12(15)8-16-11-6-4-3-5-10(11)13/h3-6,9H,7-8H2,1-2H3,(H,14,15). The number of amides is 1. The zero-order valence-electron chi connectivity index (χ0n) is 9.90. The van der Waals surface area contributed by atoms with Crippen LogP contribution in [0.25, 0.3) is 0 Å². The van der Waals surface area contributed by atoms with Crippen molar-refractivity contribution in [3.63, 3.8) is 0 Å². The maximum Gasteiger partial charge on any atom is 0.281 e. The van der Waals surface area contributed by atoms with Crippen molar-refractivity contribution < 1.29 is 18.8 Å². The smallest absolute Gasteiger partial charge is 0.281 e. The minimum Gasteiger partial charge on any atom is -0.481 e. The molecular formula is C12H16FNO3. The molecule has 1 aromatic carbocycles. The van der Waals surface area contributed by atoms with E-state index >= 15 is 0 Å². The number of carbonyl (C=O) groups excluding carboxylic acids is 1. The third kappa shape index (κ3) is 5.31. The summed E-state index contributed by atoms with van der Waals surface area (Å²) in [6, 6.07) is 5.90. The van der Waals surface area contributed by atoms with Crippen LogP contribution in [0.3, 0.4) is 0 Å². The lowest BCUT2D eigenvalue weighted by Crippen LogP contribution is -2.30. The van der Waals surface area contributed by atoms with Gasteiger partial charge in [0.2, 0.25) is 0 Å². The molecule has 1 rings (SSSR count). The molecule has 1 N–H and O–H groups in total. The highest BCUT2D eigenvalue weighted by Gasteiger charge is 2.06. The number of hydroxylamine groups is 1. The number of carbonyl (C=O) groups is 1. The average Bonchev–Trinajstić information content (AvgIpc) is 2.27. The molecule has 0 atom stereocenters. The first-order chi connectivity index (χ1) is 8.09. The van der Waals surface area contributed by atoms with E-state index in [1.54, 1.807) is 12.1 Å². The van der Waals surface area contributed by atoms with E-state index < -0.39 is 11.7 Å². The molecule has 1 aromatic rings. The van der Waals surface area contributed by atoms with Crippen molar-refractivity contribution in [3.05, 3.63) is 30.1 Å². The summed E-state index contributed by atoms with van der Waals surface area (Å²) in [5, 5.41) is 0. The monoisotopic (exact) mass is 241 g/mol. The average molecular weight is 241 g/mol. The fourth-order valence-electron chi connectivity index (χ4n) is 1.02. The SMILES string of the molecule is CC(C)CONC(=O)COc1ccccc1F. The van der Waals surface area contributed by atoms with Crippen LogP contribution in [-0.2, 0) is 9.63 Å². The molecule has 94 valence electrons. The van der Waals surface area contributed by atoms with Gasteiger partial charge < -0.3 is 4.74 Å². The Morgan fingerprint density at radius 2 is 2.12 bits per heavy atom. The number of nitrogens with one attached hydrogen (secondary N) is 1. The van der Waals surface area contributed by atoms with Crippen molar-refractivity contribution >= 4 is 5.91 Å². The highest BCUT2D eigenvalue weighted by molar-refractivity contribution is 5.76. The lowest BCUT2D eigenvalue weighted by molar-refractivity contribution is -0.136. The summed E-state index contributed by atoms with van der Waals surface area (Å²) in [5.74, 6) is -0.577. The first kappa shape index (κ1) is 13.4. The number of hydrogen-bond donors (Lipinski definition) is 1. The zero-order valence-corrected chi connectivity index (χ0v) is 9.90. The summed E-state index contributed by atoms with van der Waals surface area (Å²) in [6.45, 7) is 4.06. The van der Waals surface area contributed by atoms with Crippen molar-refractivity contribution in [2.45, 2.75) is 13.8 Å². The van der Waals surface area contributed by atoms with Gasteiger partial charge in [0.1, 0.15) is 0 Å². The number of benzene rings is 1. The van der Waals surface area contributed by atoms with Crippen molar-refractivity contribution in [3.8, 4) is 5.75 Å². The van der Waals surface area contributed by atoms with Gasteiger partial charge in [-0.3, -0.25) is 9.63 Å². The highest BCUT2D eigenvalue weighted by Crippen LogP contribution is 2.14. The molecule has 0 fully saturated rings. The Hall–Kier alpha value is -1.62. The van der Waals surface area contributed by atoms with E-state index in [1.165, 1.54) is 12.1 Å². The van der Waals surface area contributed by atoms with Crippen LogP contribution in [0.4, 0.5) is 4.39 Å². The van der Waals surface area contributed by atoms with Crippen LogP contribution >= 0.6 is 0 Å². The van der Waals surface area contributed by atoms with E-state index in [-0.39, 0.29) is 12.4 Å². The zero-order chi connectivity index (χ0) is 12.7. The van der Waals surface area contributed by atoms with Crippen LogP contribution in [0.1, 0.15) is 13.8 Å². The molecule has 0 saturated heterocycles. The quantitative estimate of drug-likeness (QED) is 0.774. The van der Waals surface area contributed by atoms with Gasteiger partial charge in [-0.2, -0.15) is 0 Å². The van der Waals surface area contributed by atoms with Crippen LogP contribution in [0.2, 0.25) is 0 Å². The molecule has 0 aliphatic heterocycles. The minimum atomic E-state index is -0.497. The van der Waals surface area contributed by atoms with E-state index in [0.29, 0.717) is 12.5 Å². The Morgan fingerprint density at radius 1 is 1.41 bits per heavy atom. The molecule has 1 amide bonds. The van der Waals surface area contributed by atoms with Gasteiger partial charge in [0.25, 0.3) is 5.91 Å². The summed E-state index contributed by atoms with van der Waals surface area (Å²) in [6.07, 6.45) is 0. The van der Waals surface area contributed by atoms with Crippen LogP contribution in [0, 0.1) is 11.7 Å². The Kier molecular flexibility index (Phi) is 5.42. The number of hydrogen-bond acceptors (Lipinski definition) is 3. The minimum absolute atomic E-state index is 0.0477. The van der Waals surface area contributed by atoms with Crippen LogP contribution in [0.15, 0.2) is 24.3 Å². The van der Waals surface area contributed by atoms with Gasteiger partial charge in [-0.1, -0.05) is 26.0 Å². The lowest BCUT2D eigenvalue weighted by Gasteiger charge is -2.09. The second-order valence-corrected chi connectivity index (χ2v) is 3.95. The van der Waals surface area contributed by atoms with E-state index in [0.717, 1.165) is 0 Å². The molecule has 0 unspecified atom stereocenters. The van der Waals surface area contributed by atoms with Gasteiger partial charge in [0.15, 0.2) is 18.2 Å². The normalized spacial score (nSPS) is 10.4. The summed E-state index contributed by atoms with van der Waals surface area (Å²) in [5.41, 5.74) is 2.22. The second kappa shape index (κ2) is 6.85. The van der Waals surface area contributed by atoms with Gasteiger partial charge in [-0.15, -0.1) is 0 Å². The Labute approximate surface area is 99.7 Å². The molecule has 0 spiro atoms. The summed E-state index contributed by atoms with van der Waals surface area (Å²) in [7, 11) is 0. The first-order valence-electron chi connectivity index (χ1n) is 5.37. The van der Waals surface area contributed by atoms with Gasteiger partial charge in [0.05, 0.1) is 6.61 Å². The van der Waals surface area contributed by atoms with Gasteiger partial charge in [-0.25, -0.2) is 9.87 Å². The van der Waals surface area contributed by atoms with Crippen molar-refractivity contribution in [2.24, 2.45) is 5.92 Å². The van der Waals surface area contributed by atoms with E-state index in [2.05, 4.69) is 5.48 Å². The predicted octanol–water partition coefficient (Wildman–Crippen LogP) is 1.91. The molecular weight excluding hydrogens is 225 g/mol. The molecule has 0 bridgehead atoms. The molecule has 0 heterocycles. The van der Waals surface area contributed by atoms with E-state index in [1.807, 2.05) is 13.8 Å². The fourth-order valence-corrected chi connectivity index (χ4v) is 1.02. The number of para-hydroxylation sites is 1. The van der Waals surface area contributed by atoms with Gasteiger partial charge in [-0.05, 0) is 18.1 Å². The molecule has 5 heteroatoms. The largest absolute Gasteiger partial charge is 0.481 e. The van der Waals surface area contributed by atoms with Crippen molar-refractivity contribution in [2.75, 3.05) is 13.2 Å². The molecule has 0 radical (unpaired) electrons. The molecule has 0 saturated carbocycles. The van der Waals surface area contributed by atoms with Crippen LogP contribution < -0.4 is 10.2 Å². The third-order valence-electron chi connectivity index (χ3n) is 1.80. The third-order valence-corrected chi connectivity index (χ3v) is 1.80. The Morgan fingerprint density at radius 3 is 2.76 bits per heavy atom. The van der Waals surface area contributed by atoms with Crippen molar-refractivity contribution in [1.29, 1.82) is 0 Å². The maximum absolute atomic E-state index is 13.1. The number of ether oxygens (including phenoxy) is 1. The van der Waals surface area contributed by atoms with E-state index in [9.17, 15) is 9.18 Å². The van der Waals surface area contributed by atoms with Crippen LogP contribution in [-0.4, -0.2) is 19.1 Å². The van der Waals surface area contributed by atoms with Crippen molar-refractivity contribution in [1.82, 2.24) is 5.48 Å². The summed E-state index contributed by atoms with van der Waals surface area (Å²) < 4.78 is 18.1. The number of halogens is 1. The topological polar surface area (TPSA) is 47.6 Å². The first-order valence-corrected chi connectivity index (χ1v) is 5.37. The summed E-state index contributed by atoms with van der Waals surface area (Å²) in [4.78, 5) is 16.1. The highest BCUT2D eigenvalue weighted by atomic mass is 19.1. The molecule has 0 aromatic heterocycles. The predicted molar refractivity (Wildman–Crippen MR) is 60.8 cm³/mol. The molecule has 17 heavy (non-hydrogen) atoms. The summed E-state index contributed by atoms with van der Waals surface area (Å²) >= 11 is 0. The van der Waals surface area contributed by atoms with E-state index in [4.69, 9.17) is 9.57 Å². The molecule has 4 nitrogen and oxygen atoms in total. The Balaban J connectivity index is 2.26. The Bertz CT molecular complexity index is 369. The second-order valence-electron chi connectivity index (χ2n) is 3.95. The van der Waals surface area contributed by atoms with Gasteiger partial charge in [0, 0.05) is 0 Å². The molecule has 0 aliphatic carbocycles. The number of rotatable bonds is 6. The van der Waals surface area contributed by atoms with Crippen LogP contribution in [0.5, 0.6) is 5.75 Å². The fraction of sp³-hybridized carbons (Fsp3) is 0.417. The van der Waals surface area contributed by atoms with Gasteiger partial charge >= 0.3 is 0 Å². The maximum atomic E-state index is 13.1.